The number of ether oxygens (including phenoxy) is 4. The Morgan fingerprint density at radius 2 is 2.07 bits per heavy atom. The van der Waals surface area contributed by atoms with Crippen molar-refractivity contribution in [3.63, 3.8) is 0 Å². The van der Waals surface area contributed by atoms with Crippen LogP contribution in [0.2, 0.25) is 0 Å². The van der Waals surface area contributed by atoms with E-state index in [0.717, 1.165) is 12.0 Å². The Morgan fingerprint density at radius 1 is 1.27 bits per heavy atom. The van der Waals surface area contributed by atoms with Crippen LogP contribution in [0.4, 0.5) is 0 Å². The maximum Gasteiger partial charge on any atom is 0.286 e. The zero-order valence-corrected chi connectivity index (χ0v) is 18.4. The maximum absolute atomic E-state index is 12.7. The first-order valence-corrected chi connectivity index (χ1v) is 11.7. The number of aliphatic hydroxyl groups is 1. The second-order valence-corrected chi connectivity index (χ2v) is 8.39. The lowest BCUT2D eigenvalue weighted by molar-refractivity contribution is -0.168. The maximum atomic E-state index is 12.7. The molecule has 0 unspecified atom stereocenters. The summed E-state index contributed by atoms with van der Waals surface area (Å²) in [7, 11) is 0. The number of hydrogen-bond acceptors (Lipinski definition) is 7. The monoisotopic (exact) mass is 439 g/mol. The van der Waals surface area contributed by atoms with Gasteiger partial charge in [-0.25, -0.2) is 0 Å². The molecule has 2 N–H and O–H groups in total. The predicted molar refractivity (Wildman–Crippen MR) is 114 cm³/mol. The third kappa shape index (κ3) is 7.06. The van der Waals surface area contributed by atoms with Crippen molar-refractivity contribution in [1.29, 1.82) is 0 Å². The molecular weight excluding hydrogens is 406 g/mol. The number of rotatable bonds is 14. The van der Waals surface area contributed by atoms with Gasteiger partial charge in [-0.1, -0.05) is 0 Å². The molecule has 0 saturated heterocycles. The highest BCUT2D eigenvalue weighted by molar-refractivity contribution is 7.08. The largest absolute Gasteiger partial charge is 0.459 e. The Labute approximate surface area is 182 Å². The number of thiophene rings is 1. The molecule has 1 fully saturated rings. The number of aliphatic hydroxyl groups excluding tert-OH is 1. The van der Waals surface area contributed by atoms with Gasteiger partial charge >= 0.3 is 0 Å². The smallest absolute Gasteiger partial charge is 0.286 e. The van der Waals surface area contributed by atoms with Gasteiger partial charge in [-0.3, -0.25) is 4.79 Å². The van der Waals surface area contributed by atoms with E-state index in [9.17, 15) is 4.79 Å². The average Bonchev–Trinajstić information content (AvgIpc) is 3.43. The van der Waals surface area contributed by atoms with Gasteiger partial charge in [0.25, 0.3) is 5.91 Å². The third-order valence-electron chi connectivity index (χ3n) is 5.32. The van der Waals surface area contributed by atoms with Gasteiger partial charge in [0.1, 0.15) is 0 Å². The molecule has 7 nitrogen and oxygen atoms in total. The van der Waals surface area contributed by atoms with Crippen molar-refractivity contribution in [1.82, 2.24) is 5.32 Å². The van der Waals surface area contributed by atoms with Crippen molar-refractivity contribution in [2.24, 2.45) is 11.8 Å². The third-order valence-corrected chi connectivity index (χ3v) is 6.02. The number of hydrogen-bond donors (Lipinski definition) is 2. The van der Waals surface area contributed by atoms with Gasteiger partial charge in [0, 0.05) is 31.6 Å². The van der Waals surface area contributed by atoms with E-state index in [4.69, 9.17) is 24.1 Å². The summed E-state index contributed by atoms with van der Waals surface area (Å²) in [6.07, 6.45) is 4.55. The Bertz CT molecular complexity index is 661. The van der Waals surface area contributed by atoms with E-state index < -0.39 is 6.29 Å². The number of nitrogens with one attached hydrogen (secondary N) is 1. The Morgan fingerprint density at radius 3 is 2.73 bits per heavy atom. The molecule has 0 radical (unpaired) electrons. The molecule has 1 aliphatic heterocycles. The molecule has 30 heavy (non-hydrogen) atoms. The number of carbonyl (C=O) groups excluding carboxylic acids is 1. The summed E-state index contributed by atoms with van der Waals surface area (Å²) in [4.78, 5) is 12.7. The minimum absolute atomic E-state index is 0.0146. The zero-order chi connectivity index (χ0) is 21.2. The quantitative estimate of drug-likeness (QED) is 0.434. The highest BCUT2D eigenvalue weighted by atomic mass is 32.1. The van der Waals surface area contributed by atoms with Crippen LogP contribution in [0.25, 0.3) is 0 Å². The van der Waals surface area contributed by atoms with E-state index in [0.29, 0.717) is 51.3 Å². The van der Waals surface area contributed by atoms with Crippen LogP contribution in [0, 0.1) is 11.8 Å². The topological polar surface area (TPSA) is 86.3 Å². The molecule has 168 valence electrons. The van der Waals surface area contributed by atoms with E-state index in [-0.39, 0.29) is 24.3 Å². The Balaban J connectivity index is 1.64. The number of allylic oxidation sites excluding steroid dienone is 1. The highest BCUT2D eigenvalue weighted by Gasteiger charge is 2.38. The first kappa shape index (κ1) is 23.2. The van der Waals surface area contributed by atoms with Gasteiger partial charge in [-0.15, -0.1) is 0 Å². The fourth-order valence-electron chi connectivity index (χ4n) is 3.53. The van der Waals surface area contributed by atoms with Crippen LogP contribution in [-0.2, 0) is 23.7 Å². The lowest BCUT2D eigenvalue weighted by Gasteiger charge is -2.36. The van der Waals surface area contributed by atoms with Gasteiger partial charge in [-0.05, 0) is 60.6 Å². The molecule has 1 aromatic rings. The normalized spacial score (nSPS) is 23.7. The summed E-state index contributed by atoms with van der Waals surface area (Å²) in [5, 5.41) is 15.9. The van der Waals surface area contributed by atoms with E-state index in [1.165, 1.54) is 12.8 Å². The molecule has 3 rings (SSSR count). The van der Waals surface area contributed by atoms with Crippen molar-refractivity contribution in [2.45, 2.75) is 38.4 Å². The molecule has 0 aromatic carbocycles. The number of amides is 1. The van der Waals surface area contributed by atoms with Gasteiger partial charge < -0.3 is 29.4 Å². The van der Waals surface area contributed by atoms with E-state index in [1.807, 2.05) is 18.4 Å². The minimum atomic E-state index is -0.499. The van der Waals surface area contributed by atoms with Gasteiger partial charge in [0.05, 0.1) is 26.4 Å². The molecule has 1 aliphatic carbocycles. The Hall–Kier alpha value is -1.45. The summed E-state index contributed by atoms with van der Waals surface area (Å²) in [6.45, 7) is 4.94. The highest BCUT2D eigenvalue weighted by Crippen LogP contribution is 2.39. The summed E-state index contributed by atoms with van der Waals surface area (Å²) < 4.78 is 22.8. The molecule has 0 bridgehead atoms. The van der Waals surface area contributed by atoms with Crippen LogP contribution < -0.4 is 5.32 Å². The van der Waals surface area contributed by atoms with Crippen LogP contribution in [0.15, 0.2) is 28.7 Å². The second-order valence-electron chi connectivity index (χ2n) is 7.61. The van der Waals surface area contributed by atoms with E-state index in [1.54, 1.807) is 11.3 Å². The molecule has 8 heteroatoms. The van der Waals surface area contributed by atoms with Crippen molar-refractivity contribution >= 4 is 17.2 Å². The standard InChI is InChI=1S/C22H33NO6S/c1-2-28-22-18(5-8-26-10-11-27-9-7-24)19(17-6-12-30-15-17)13-20(29-22)21(25)23-14-16-3-4-16/h6,12-13,15-16,18-19,22,24H,2-5,7-11,14H2,1H3,(H,23,25)/t18-,19+,22+/m0/s1. The zero-order valence-electron chi connectivity index (χ0n) is 17.6. The van der Waals surface area contributed by atoms with E-state index in [2.05, 4.69) is 16.8 Å². The molecule has 2 heterocycles. The summed E-state index contributed by atoms with van der Waals surface area (Å²) in [5.41, 5.74) is 1.16. The van der Waals surface area contributed by atoms with Crippen molar-refractivity contribution in [2.75, 3.05) is 46.2 Å². The molecule has 1 aromatic heterocycles. The van der Waals surface area contributed by atoms with Crippen molar-refractivity contribution in [3.8, 4) is 0 Å². The van der Waals surface area contributed by atoms with Crippen LogP contribution >= 0.6 is 11.3 Å². The summed E-state index contributed by atoms with van der Waals surface area (Å²) in [6, 6.07) is 2.09. The van der Waals surface area contributed by atoms with E-state index >= 15 is 0 Å². The SMILES string of the molecule is CCO[C@@H]1OC(C(=O)NCC2CC2)=C[C@H](c2ccsc2)[C@@H]1CCOCCOCCO. The molecule has 1 amide bonds. The lowest BCUT2D eigenvalue weighted by Crippen LogP contribution is -2.39. The van der Waals surface area contributed by atoms with Crippen LogP contribution in [-0.4, -0.2) is 63.5 Å². The molecule has 2 aliphatic rings. The van der Waals surface area contributed by atoms with Gasteiger partial charge in [0.2, 0.25) is 6.29 Å². The second kappa shape index (κ2) is 12.4. The van der Waals surface area contributed by atoms with Crippen LogP contribution in [0.5, 0.6) is 0 Å². The fourth-order valence-corrected chi connectivity index (χ4v) is 4.24. The first-order chi connectivity index (χ1) is 14.7. The minimum Gasteiger partial charge on any atom is -0.459 e. The fraction of sp³-hybridized carbons (Fsp3) is 0.682. The van der Waals surface area contributed by atoms with Crippen LogP contribution in [0.3, 0.4) is 0 Å². The van der Waals surface area contributed by atoms with Crippen LogP contribution in [0.1, 0.15) is 37.7 Å². The first-order valence-electron chi connectivity index (χ1n) is 10.8. The molecule has 3 atom stereocenters. The summed E-state index contributed by atoms with van der Waals surface area (Å²) >= 11 is 1.64. The Kier molecular flexibility index (Phi) is 9.61. The average molecular weight is 440 g/mol. The van der Waals surface area contributed by atoms with Gasteiger partial charge in [-0.2, -0.15) is 11.3 Å². The number of carbonyl (C=O) groups is 1. The predicted octanol–water partition coefficient (Wildman–Crippen LogP) is 2.67. The van der Waals surface area contributed by atoms with Gasteiger partial charge in [0.15, 0.2) is 5.76 Å². The molecular formula is C22H33NO6S. The lowest BCUT2D eigenvalue weighted by atomic mass is 9.82. The molecule has 0 spiro atoms. The van der Waals surface area contributed by atoms with Crippen molar-refractivity contribution in [3.05, 3.63) is 34.2 Å². The summed E-state index contributed by atoms with van der Waals surface area (Å²) in [5.74, 6) is 0.859. The molecule has 1 saturated carbocycles. The van der Waals surface area contributed by atoms with Crippen molar-refractivity contribution < 1.29 is 28.8 Å².